The Morgan fingerprint density at radius 1 is 0.326 bits per heavy atom. The summed E-state index contributed by atoms with van der Waals surface area (Å²) in [6.07, 6.45) is 44.5. The van der Waals surface area contributed by atoms with E-state index in [0.717, 1.165) is 120 Å². The van der Waals surface area contributed by atoms with Crippen LogP contribution >= 0.6 is 15.6 Å². The number of carbonyl (C=O) groups is 4. The second-order valence-electron chi connectivity index (χ2n) is 26.5. The van der Waals surface area contributed by atoms with E-state index >= 15 is 0 Å². The Balaban J connectivity index is 5.22. The van der Waals surface area contributed by atoms with Gasteiger partial charge in [-0.1, -0.05) is 299 Å². The fourth-order valence-electron chi connectivity index (χ4n) is 10.5. The number of phosphoric acid groups is 2. The summed E-state index contributed by atoms with van der Waals surface area (Å²) in [7, 11) is -9.90. The number of esters is 4. The van der Waals surface area contributed by atoms with Gasteiger partial charge in [-0.2, -0.15) is 0 Å². The van der Waals surface area contributed by atoms with Crippen molar-refractivity contribution in [1.82, 2.24) is 0 Å². The summed E-state index contributed by atoms with van der Waals surface area (Å²) in [6.45, 7) is 11.8. The minimum absolute atomic E-state index is 0.104. The van der Waals surface area contributed by atoms with Crippen LogP contribution in [0.15, 0.2) is 0 Å². The van der Waals surface area contributed by atoms with E-state index in [-0.39, 0.29) is 25.7 Å². The molecule has 0 aliphatic carbocycles. The Hall–Kier alpha value is -1.94. The monoisotopic (exact) mass is 1310 g/mol. The second kappa shape index (κ2) is 61.0. The highest BCUT2D eigenvalue weighted by Crippen LogP contribution is 2.45. The fourth-order valence-corrected chi connectivity index (χ4v) is 12.1. The normalized spacial score (nSPS) is 14.5. The first-order valence-corrected chi connectivity index (χ1v) is 39.4. The van der Waals surface area contributed by atoms with E-state index in [1.165, 1.54) is 148 Å². The molecule has 17 nitrogen and oxygen atoms in total. The lowest BCUT2D eigenvalue weighted by Gasteiger charge is -2.21. The molecule has 0 heterocycles. The average Bonchev–Trinajstić information content (AvgIpc) is 3.70. The van der Waals surface area contributed by atoms with Gasteiger partial charge < -0.3 is 33.8 Å². The topological polar surface area (TPSA) is 237 Å². The van der Waals surface area contributed by atoms with E-state index in [1.807, 2.05) is 0 Å². The number of hydrogen-bond acceptors (Lipinski definition) is 15. The molecule has 0 bridgehead atoms. The molecule has 0 fully saturated rings. The van der Waals surface area contributed by atoms with Crippen molar-refractivity contribution in [3.8, 4) is 0 Å². The van der Waals surface area contributed by atoms with E-state index < -0.39 is 97.5 Å². The summed E-state index contributed by atoms with van der Waals surface area (Å²) in [5, 5.41) is 10.6. The van der Waals surface area contributed by atoms with Gasteiger partial charge in [0.05, 0.1) is 26.4 Å². The van der Waals surface area contributed by atoms with Gasteiger partial charge in [0.1, 0.15) is 19.3 Å². The molecule has 19 heteroatoms. The molecule has 528 valence electrons. The van der Waals surface area contributed by atoms with Crippen molar-refractivity contribution in [1.29, 1.82) is 0 Å². The zero-order valence-electron chi connectivity index (χ0n) is 57.9. The molecular formula is C70H136O17P2. The molecule has 3 unspecified atom stereocenters. The number of unbranched alkanes of at least 4 members (excludes halogenated alkanes) is 35. The summed E-state index contributed by atoms with van der Waals surface area (Å²) < 4.78 is 68.2. The molecule has 6 atom stereocenters. The Labute approximate surface area is 543 Å². The molecule has 0 rings (SSSR count). The van der Waals surface area contributed by atoms with Gasteiger partial charge in [0.2, 0.25) is 0 Å². The highest BCUT2D eigenvalue weighted by molar-refractivity contribution is 7.47. The van der Waals surface area contributed by atoms with Crippen molar-refractivity contribution in [3.63, 3.8) is 0 Å². The SMILES string of the molecule is CCCCCCCCCC(=O)OC[C@H](COP(=O)(O)OC[C@H](O)COP(=O)(O)OC[C@@H](COC(=O)CCCCCCCCCCCCCCC(C)C)OC(=O)CCCCCCCCCCCCCCC(C)C)OC(=O)CCCCCCCCCCC(C)CC. The first-order chi connectivity index (χ1) is 42.8. The second-order valence-corrected chi connectivity index (χ2v) is 29.4. The Morgan fingerprint density at radius 3 is 0.854 bits per heavy atom. The van der Waals surface area contributed by atoms with Crippen molar-refractivity contribution >= 4 is 39.5 Å². The lowest BCUT2D eigenvalue weighted by Crippen LogP contribution is -2.30. The van der Waals surface area contributed by atoms with E-state index in [9.17, 15) is 43.2 Å². The molecule has 0 saturated heterocycles. The lowest BCUT2D eigenvalue weighted by atomic mass is 9.99. The zero-order chi connectivity index (χ0) is 65.9. The molecule has 0 aromatic heterocycles. The van der Waals surface area contributed by atoms with Crippen LogP contribution in [0.5, 0.6) is 0 Å². The van der Waals surface area contributed by atoms with Crippen LogP contribution in [0.4, 0.5) is 0 Å². The first-order valence-electron chi connectivity index (χ1n) is 36.4. The summed E-state index contributed by atoms with van der Waals surface area (Å²) >= 11 is 0. The largest absolute Gasteiger partial charge is 0.472 e. The smallest absolute Gasteiger partial charge is 0.462 e. The molecule has 0 aliphatic rings. The number of phosphoric ester groups is 2. The van der Waals surface area contributed by atoms with E-state index in [2.05, 4.69) is 48.5 Å². The van der Waals surface area contributed by atoms with Gasteiger partial charge in [-0.3, -0.25) is 37.3 Å². The van der Waals surface area contributed by atoms with Gasteiger partial charge in [0.15, 0.2) is 12.2 Å². The molecule has 0 spiro atoms. The number of aliphatic hydroxyl groups excluding tert-OH is 1. The third-order valence-electron chi connectivity index (χ3n) is 16.5. The van der Waals surface area contributed by atoms with Gasteiger partial charge >= 0.3 is 39.5 Å². The van der Waals surface area contributed by atoms with Crippen molar-refractivity contribution in [2.24, 2.45) is 17.8 Å². The molecule has 0 aromatic carbocycles. The summed E-state index contributed by atoms with van der Waals surface area (Å²) in [6, 6.07) is 0. The summed E-state index contributed by atoms with van der Waals surface area (Å²) in [4.78, 5) is 72.4. The first kappa shape index (κ1) is 87.1. The minimum atomic E-state index is -4.95. The van der Waals surface area contributed by atoms with Gasteiger partial charge in [0, 0.05) is 25.7 Å². The Bertz CT molecular complexity index is 1750. The molecule has 0 amide bonds. The van der Waals surface area contributed by atoms with Crippen LogP contribution < -0.4 is 0 Å². The van der Waals surface area contributed by atoms with E-state index in [1.54, 1.807) is 0 Å². The standard InChI is InChI=1S/C70H136O17P2/c1-8-10-11-12-27-37-44-51-67(72)80-57-65(87-70(75)54-47-40-33-26-25-30-36-43-50-63(7)9-2)59-84-88(76,77)82-55-64(71)56-83-89(78,79)85-60-66(86-69(74)53-46-39-32-24-20-16-14-18-22-29-35-42-49-62(5)6)58-81-68(73)52-45-38-31-23-19-15-13-17-21-28-34-41-48-61(3)4/h61-66,71H,8-60H2,1-7H3,(H,76,77)(H,78,79)/t63?,64-,65+,66+/m0/s1. The highest BCUT2D eigenvalue weighted by Gasteiger charge is 2.30. The maximum Gasteiger partial charge on any atom is 0.472 e. The Morgan fingerprint density at radius 2 is 0.573 bits per heavy atom. The molecule has 0 radical (unpaired) electrons. The number of ether oxygens (including phenoxy) is 4. The number of hydrogen-bond donors (Lipinski definition) is 3. The van der Waals surface area contributed by atoms with Crippen molar-refractivity contribution in [3.05, 3.63) is 0 Å². The number of aliphatic hydroxyl groups is 1. The van der Waals surface area contributed by atoms with Crippen LogP contribution in [0, 0.1) is 17.8 Å². The molecule has 3 N–H and O–H groups in total. The van der Waals surface area contributed by atoms with Crippen LogP contribution in [0.1, 0.15) is 350 Å². The van der Waals surface area contributed by atoms with Crippen LogP contribution in [0.2, 0.25) is 0 Å². The van der Waals surface area contributed by atoms with Gasteiger partial charge in [-0.15, -0.1) is 0 Å². The van der Waals surface area contributed by atoms with Crippen molar-refractivity contribution < 1.29 is 80.2 Å². The van der Waals surface area contributed by atoms with Crippen LogP contribution in [-0.4, -0.2) is 96.7 Å². The predicted octanol–water partition coefficient (Wildman–Crippen LogP) is 19.8. The highest BCUT2D eigenvalue weighted by atomic mass is 31.2. The lowest BCUT2D eigenvalue weighted by molar-refractivity contribution is -0.161. The molecule has 0 aliphatic heterocycles. The van der Waals surface area contributed by atoms with Crippen molar-refractivity contribution in [2.45, 2.75) is 369 Å². The predicted molar refractivity (Wildman–Crippen MR) is 358 cm³/mol. The third kappa shape index (κ3) is 63.2. The molecule has 0 saturated carbocycles. The van der Waals surface area contributed by atoms with Crippen LogP contribution in [-0.2, 0) is 65.4 Å². The zero-order valence-corrected chi connectivity index (χ0v) is 59.7. The van der Waals surface area contributed by atoms with E-state index in [4.69, 9.17) is 37.0 Å². The van der Waals surface area contributed by atoms with Crippen molar-refractivity contribution in [2.75, 3.05) is 39.6 Å². The van der Waals surface area contributed by atoms with Crippen LogP contribution in [0.25, 0.3) is 0 Å². The number of rotatable bonds is 68. The number of carbonyl (C=O) groups excluding carboxylic acids is 4. The average molecular weight is 1310 g/mol. The van der Waals surface area contributed by atoms with Gasteiger partial charge in [0.25, 0.3) is 0 Å². The quantitative estimate of drug-likeness (QED) is 0.0222. The molecule has 89 heavy (non-hydrogen) atoms. The molecule has 0 aromatic rings. The van der Waals surface area contributed by atoms with Crippen LogP contribution in [0.3, 0.4) is 0 Å². The minimum Gasteiger partial charge on any atom is -0.462 e. The maximum atomic E-state index is 13.0. The molecular weight excluding hydrogens is 1170 g/mol. The van der Waals surface area contributed by atoms with Gasteiger partial charge in [-0.05, 0) is 43.4 Å². The Kier molecular flexibility index (Phi) is 59.6. The third-order valence-corrected chi connectivity index (χ3v) is 18.4. The summed E-state index contributed by atoms with van der Waals surface area (Å²) in [5.41, 5.74) is 0. The maximum absolute atomic E-state index is 13.0. The summed E-state index contributed by atoms with van der Waals surface area (Å²) in [5.74, 6) is 0.197. The van der Waals surface area contributed by atoms with E-state index in [0.29, 0.717) is 25.7 Å². The van der Waals surface area contributed by atoms with Gasteiger partial charge in [-0.25, -0.2) is 9.13 Å². The fraction of sp³-hybridized carbons (Fsp3) is 0.943.